The van der Waals surface area contributed by atoms with Crippen molar-refractivity contribution in [1.82, 2.24) is 9.21 Å². The van der Waals surface area contributed by atoms with Crippen molar-refractivity contribution in [2.45, 2.75) is 23.0 Å². The first kappa shape index (κ1) is 15.8. The molecule has 0 radical (unpaired) electrons. The second-order valence-corrected chi connectivity index (χ2v) is 8.99. The molecule has 1 fully saturated rings. The third kappa shape index (κ3) is 3.31. The van der Waals surface area contributed by atoms with Gasteiger partial charge in [-0.3, -0.25) is 4.79 Å². The number of rotatable bonds is 2. The molecule has 2 aliphatic heterocycles. The number of nitrogens with zero attached hydrogens (tertiary/aromatic N) is 2. The number of fused-ring (bicyclic) bond motifs is 1. The zero-order chi connectivity index (χ0) is 15.7. The first-order valence-electron chi connectivity index (χ1n) is 7.43. The van der Waals surface area contributed by atoms with Crippen LogP contribution in [-0.4, -0.2) is 61.2 Å². The molecule has 0 N–H and O–H groups in total. The average molecular weight is 340 g/mol. The Labute approximate surface area is 135 Å². The standard InChI is InChI=1S/C15H20N2O3S2/c1-22(19,20)17-8-4-7-16(9-10-17)15(18)14-11-12-5-2-3-6-13(12)21-14/h2-3,5-6,14H,4,7-11H2,1H3/t14-/m1/s1. The molecular weight excluding hydrogens is 320 g/mol. The maximum atomic E-state index is 12.7. The highest BCUT2D eigenvalue weighted by Gasteiger charge is 2.32. The van der Waals surface area contributed by atoms with E-state index in [1.54, 1.807) is 11.8 Å². The molecule has 5 nitrogen and oxygen atoms in total. The summed E-state index contributed by atoms with van der Waals surface area (Å²) in [7, 11) is -3.17. The van der Waals surface area contributed by atoms with Crippen LogP contribution in [-0.2, 0) is 21.2 Å². The van der Waals surface area contributed by atoms with Crippen molar-refractivity contribution in [2.24, 2.45) is 0 Å². The van der Waals surface area contributed by atoms with Crippen LogP contribution in [0.3, 0.4) is 0 Å². The second-order valence-electron chi connectivity index (χ2n) is 5.76. The highest BCUT2D eigenvalue weighted by atomic mass is 32.2. The summed E-state index contributed by atoms with van der Waals surface area (Å²) in [6.07, 6.45) is 2.70. The molecule has 2 aliphatic rings. The van der Waals surface area contributed by atoms with E-state index in [2.05, 4.69) is 12.1 Å². The largest absolute Gasteiger partial charge is 0.340 e. The smallest absolute Gasteiger partial charge is 0.236 e. The van der Waals surface area contributed by atoms with E-state index >= 15 is 0 Å². The van der Waals surface area contributed by atoms with E-state index in [1.807, 2.05) is 17.0 Å². The molecule has 0 aliphatic carbocycles. The summed E-state index contributed by atoms with van der Waals surface area (Å²) < 4.78 is 24.7. The van der Waals surface area contributed by atoms with Crippen molar-refractivity contribution in [3.05, 3.63) is 29.8 Å². The lowest BCUT2D eigenvalue weighted by Gasteiger charge is -2.23. The van der Waals surface area contributed by atoms with E-state index < -0.39 is 10.0 Å². The van der Waals surface area contributed by atoms with Crippen LogP contribution in [0.1, 0.15) is 12.0 Å². The van der Waals surface area contributed by atoms with Crippen LogP contribution in [0.25, 0.3) is 0 Å². The number of carbonyl (C=O) groups excluding carboxylic acids is 1. The second kappa shape index (κ2) is 6.22. The van der Waals surface area contributed by atoms with E-state index in [4.69, 9.17) is 0 Å². The Balaban J connectivity index is 1.65. The fourth-order valence-corrected chi connectivity index (χ4v) is 5.12. The van der Waals surface area contributed by atoms with Crippen molar-refractivity contribution in [1.29, 1.82) is 0 Å². The summed E-state index contributed by atoms with van der Waals surface area (Å²) in [5, 5.41) is -0.0674. The summed E-state index contributed by atoms with van der Waals surface area (Å²) in [6, 6.07) is 8.13. The molecule has 2 heterocycles. The van der Waals surface area contributed by atoms with Gasteiger partial charge in [0.25, 0.3) is 0 Å². The SMILES string of the molecule is CS(=O)(=O)N1CCCN(C(=O)[C@H]2Cc3ccccc3S2)CC1. The van der Waals surface area contributed by atoms with Gasteiger partial charge in [-0.25, -0.2) is 12.7 Å². The highest BCUT2D eigenvalue weighted by Crippen LogP contribution is 2.37. The summed E-state index contributed by atoms with van der Waals surface area (Å²) in [5.41, 5.74) is 1.23. The van der Waals surface area contributed by atoms with Gasteiger partial charge in [0, 0.05) is 31.1 Å². The van der Waals surface area contributed by atoms with Gasteiger partial charge in [-0.15, -0.1) is 11.8 Å². The minimum atomic E-state index is -3.17. The molecule has 0 spiro atoms. The molecule has 1 atom stereocenters. The van der Waals surface area contributed by atoms with E-state index in [9.17, 15) is 13.2 Å². The Kier molecular flexibility index (Phi) is 4.47. The fourth-order valence-electron chi connectivity index (χ4n) is 2.97. The first-order chi connectivity index (χ1) is 10.4. The van der Waals surface area contributed by atoms with Crippen LogP contribution in [0.5, 0.6) is 0 Å². The number of sulfonamides is 1. The van der Waals surface area contributed by atoms with Gasteiger partial charge in [-0.1, -0.05) is 18.2 Å². The van der Waals surface area contributed by atoms with Crippen molar-refractivity contribution in [2.75, 3.05) is 32.4 Å². The molecule has 1 saturated heterocycles. The Bertz CT molecular complexity index is 650. The van der Waals surface area contributed by atoms with Crippen LogP contribution in [0.15, 0.2) is 29.2 Å². The Morgan fingerprint density at radius 1 is 1.18 bits per heavy atom. The van der Waals surface area contributed by atoms with Crippen LogP contribution in [0.2, 0.25) is 0 Å². The quantitative estimate of drug-likeness (QED) is 0.812. The number of thioether (sulfide) groups is 1. The molecule has 1 aromatic rings. The molecule has 1 aromatic carbocycles. The lowest BCUT2D eigenvalue weighted by molar-refractivity contribution is -0.130. The Morgan fingerprint density at radius 2 is 1.95 bits per heavy atom. The number of carbonyl (C=O) groups is 1. The molecule has 0 unspecified atom stereocenters. The molecule has 1 amide bonds. The Hall–Kier alpha value is -1.05. The maximum absolute atomic E-state index is 12.7. The first-order valence-corrected chi connectivity index (χ1v) is 10.2. The van der Waals surface area contributed by atoms with Crippen molar-refractivity contribution >= 4 is 27.7 Å². The highest BCUT2D eigenvalue weighted by molar-refractivity contribution is 8.01. The van der Waals surface area contributed by atoms with Gasteiger partial charge in [0.1, 0.15) is 0 Å². The van der Waals surface area contributed by atoms with Gasteiger partial charge in [0.05, 0.1) is 11.5 Å². The fraction of sp³-hybridized carbons (Fsp3) is 0.533. The summed E-state index contributed by atoms with van der Waals surface area (Å²) in [4.78, 5) is 15.7. The number of amides is 1. The third-order valence-electron chi connectivity index (χ3n) is 4.16. The van der Waals surface area contributed by atoms with Gasteiger partial charge in [-0.05, 0) is 24.5 Å². The van der Waals surface area contributed by atoms with Crippen LogP contribution in [0, 0.1) is 0 Å². The van der Waals surface area contributed by atoms with Crippen LogP contribution >= 0.6 is 11.8 Å². The zero-order valence-electron chi connectivity index (χ0n) is 12.6. The summed E-state index contributed by atoms with van der Waals surface area (Å²) >= 11 is 1.63. The molecular formula is C15H20N2O3S2. The van der Waals surface area contributed by atoms with E-state index in [-0.39, 0.29) is 11.2 Å². The van der Waals surface area contributed by atoms with Gasteiger partial charge in [0.15, 0.2) is 0 Å². The topological polar surface area (TPSA) is 57.7 Å². The average Bonchev–Trinajstić information content (AvgIpc) is 2.73. The molecule has 7 heteroatoms. The molecule has 0 saturated carbocycles. The third-order valence-corrected chi connectivity index (χ3v) is 6.77. The van der Waals surface area contributed by atoms with Crippen molar-refractivity contribution in [3.8, 4) is 0 Å². The normalized spacial score (nSPS) is 23.1. The van der Waals surface area contributed by atoms with E-state index in [0.29, 0.717) is 32.6 Å². The predicted octanol–water partition coefficient (Wildman–Crippen LogP) is 1.20. The maximum Gasteiger partial charge on any atom is 0.236 e. The minimum Gasteiger partial charge on any atom is -0.340 e. The molecule has 0 bridgehead atoms. The lowest BCUT2D eigenvalue weighted by Crippen LogP contribution is -2.40. The molecule has 22 heavy (non-hydrogen) atoms. The molecule has 120 valence electrons. The number of hydrogen-bond acceptors (Lipinski definition) is 4. The number of hydrogen-bond donors (Lipinski definition) is 0. The molecule has 0 aromatic heterocycles. The zero-order valence-corrected chi connectivity index (χ0v) is 14.2. The van der Waals surface area contributed by atoms with Gasteiger partial charge < -0.3 is 4.90 Å². The van der Waals surface area contributed by atoms with Gasteiger partial charge >= 0.3 is 0 Å². The van der Waals surface area contributed by atoms with Gasteiger partial charge in [0.2, 0.25) is 15.9 Å². The monoisotopic (exact) mass is 340 g/mol. The lowest BCUT2D eigenvalue weighted by atomic mass is 10.1. The van der Waals surface area contributed by atoms with E-state index in [1.165, 1.54) is 21.0 Å². The Morgan fingerprint density at radius 3 is 2.68 bits per heavy atom. The van der Waals surface area contributed by atoms with E-state index in [0.717, 1.165) is 6.42 Å². The van der Waals surface area contributed by atoms with Crippen LogP contribution < -0.4 is 0 Å². The van der Waals surface area contributed by atoms with Crippen molar-refractivity contribution < 1.29 is 13.2 Å². The predicted molar refractivity (Wildman–Crippen MR) is 87.4 cm³/mol. The van der Waals surface area contributed by atoms with Crippen molar-refractivity contribution in [3.63, 3.8) is 0 Å². The summed E-state index contributed by atoms with van der Waals surface area (Å²) in [6.45, 7) is 2.02. The molecule has 3 rings (SSSR count). The number of benzene rings is 1. The minimum absolute atomic E-state index is 0.0674. The summed E-state index contributed by atoms with van der Waals surface area (Å²) in [5.74, 6) is 0.136. The van der Waals surface area contributed by atoms with Gasteiger partial charge in [-0.2, -0.15) is 0 Å². The van der Waals surface area contributed by atoms with Crippen LogP contribution in [0.4, 0.5) is 0 Å².